The van der Waals surface area contributed by atoms with Gasteiger partial charge in [-0.3, -0.25) is 4.90 Å². The summed E-state index contributed by atoms with van der Waals surface area (Å²) in [4.78, 5) is 2.18. The molecule has 16 heavy (non-hydrogen) atoms. The molecule has 0 unspecified atom stereocenters. The average Bonchev–Trinajstić information content (AvgIpc) is 2.82. The minimum atomic E-state index is 0.805. The zero-order chi connectivity index (χ0) is 10.8. The maximum atomic E-state index is 5.27. The molecule has 1 aliphatic rings. The molecule has 2 radical (unpaired) electrons. The summed E-state index contributed by atoms with van der Waals surface area (Å²) < 4.78 is 5.27. The van der Waals surface area contributed by atoms with E-state index in [-0.39, 0.29) is 0 Å². The molecule has 1 aromatic heterocycles. The molecule has 0 N–H and O–H groups in total. The molecule has 0 saturated heterocycles. The third-order valence-electron chi connectivity index (χ3n) is 2.92. The van der Waals surface area contributed by atoms with E-state index >= 15 is 0 Å². The molecule has 0 fully saturated rings. The van der Waals surface area contributed by atoms with Gasteiger partial charge in [0.1, 0.15) is 12.3 Å². The fraction of sp³-hybridized carbons (Fsp3) is 0.214. The maximum Gasteiger partial charge on any atom is 0.136 e. The van der Waals surface area contributed by atoms with Crippen molar-refractivity contribution in [2.75, 3.05) is 6.54 Å². The molecule has 0 spiro atoms. The summed E-state index contributed by atoms with van der Waals surface area (Å²) in [6, 6.07) is 12.4. The van der Waals surface area contributed by atoms with Gasteiger partial charge < -0.3 is 4.42 Å². The van der Waals surface area contributed by atoms with E-state index in [4.69, 9.17) is 4.42 Å². The molecular weight excluding hydrogens is 198 g/mol. The minimum Gasteiger partial charge on any atom is -0.467 e. The first-order chi connectivity index (χ1) is 7.92. The number of nitrogens with zero attached hydrogens (tertiary/aromatic N) is 1. The Morgan fingerprint density at radius 3 is 2.75 bits per heavy atom. The van der Waals surface area contributed by atoms with Crippen molar-refractivity contribution in [1.82, 2.24) is 4.90 Å². The largest absolute Gasteiger partial charge is 0.467 e. The molecule has 0 amide bonds. The van der Waals surface area contributed by atoms with Gasteiger partial charge in [-0.2, -0.15) is 0 Å². The molecule has 0 saturated carbocycles. The topological polar surface area (TPSA) is 16.4 Å². The summed E-state index contributed by atoms with van der Waals surface area (Å²) in [6.45, 7) is 5.21. The monoisotopic (exact) mass is 211 g/mol. The highest BCUT2D eigenvalue weighted by molar-refractivity contribution is 5.29. The van der Waals surface area contributed by atoms with Crippen molar-refractivity contribution in [1.29, 1.82) is 0 Å². The summed E-state index contributed by atoms with van der Waals surface area (Å²) >= 11 is 0. The second kappa shape index (κ2) is 4.14. The number of rotatable bonds is 2. The van der Waals surface area contributed by atoms with Crippen LogP contribution in [0.15, 0.2) is 47.1 Å². The van der Waals surface area contributed by atoms with E-state index in [0.717, 1.165) is 25.3 Å². The molecule has 2 heterocycles. The van der Waals surface area contributed by atoms with Gasteiger partial charge in [0.05, 0.1) is 6.26 Å². The smallest absolute Gasteiger partial charge is 0.136 e. The lowest BCUT2D eigenvalue weighted by Crippen LogP contribution is -2.28. The third kappa shape index (κ3) is 1.89. The molecule has 0 aliphatic carbocycles. The van der Waals surface area contributed by atoms with Gasteiger partial charge in [-0.25, -0.2) is 0 Å². The number of benzene rings is 1. The van der Waals surface area contributed by atoms with Crippen LogP contribution in [0.4, 0.5) is 0 Å². The predicted octanol–water partition coefficient (Wildman–Crippen LogP) is 2.72. The summed E-state index contributed by atoms with van der Waals surface area (Å²) in [5.41, 5.74) is 2.85. The summed E-state index contributed by atoms with van der Waals surface area (Å²) in [5.74, 6) is 0.805. The van der Waals surface area contributed by atoms with Crippen LogP contribution in [0.25, 0.3) is 0 Å². The van der Waals surface area contributed by atoms with Crippen LogP contribution in [0.1, 0.15) is 16.9 Å². The minimum absolute atomic E-state index is 0.805. The zero-order valence-electron chi connectivity index (χ0n) is 9.02. The quantitative estimate of drug-likeness (QED) is 0.759. The van der Waals surface area contributed by atoms with Crippen LogP contribution >= 0.6 is 0 Å². The van der Waals surface area contributed by atoms with E-state index in [1.165, 1.54) is 11.1 Å². The van der Waals surface area contributed by atoms with E-state index in [1.54, 1.807) is 6.26 Å². The second-order valence-corrected chi connectivity index (χ2v) is 4.03. The normalized spacial score (nSPS) is 16.0. The van der Waals surface area contributed by atoms with E-state index in [1.807, 2.05) is 12.1 Å². The first-order valence-electron chi connectivity index (χ1n) is 5.54. The first kappa shape index (κ1) is 9.67. The second-order valence-electron chi connectivity index (χ2n) is 4.03. The van der Waals surface area contributed by atoms with Gasteiger partial charge in [-0.15, -0.1) is 0 Å². The highest BCUT2D eigenvalue weighted by Gasteiger charge is 2.17. The Hall–Kier alpha value is -1.54. The van der Waals surface area contributed by atoms with Crippen molar-refractivity contribution >= 4 is 0 Å². The lowest BCUT2D eigenvalue weighted by Gasteiger charge is -2.26. The standard InChI is InChI=1S/C14H13NO/c1-2-5-13-10-15(8-7-12(13)4-1)11-14-6-3-9-16-14/h1-6,9H,7-8,10H2. The van der Waals surface area contributed by atoms with E-state index in [2.05, 4.69) is 35.7 Å². The Labute approximate surface area is 95.5 Å². The van der Waals surface area contributed by atoms with Crippen LogP contribution < -0.4 is 0 Å². The molecule has 1 aromatic carbocycles. The van der Waals surface area contributed by atoms with Crippen molar-refractivity contribution in [3.63, 3.8) is 0 Å². The fourth-order valence-electron chi connectivity index (χ4n) is 2.09. The van der Waals surface area contributed by atoms with Gasteiger partial charge in [0.15, 0.2) is 0 Å². The van der Waals surface area contributed by atoms with Crippen LogP contribution in [-0.4, -0.2) is 11.4 Å². The molecule has 2 heteroatoms. The van der Waals surface area contributed by atoms with Gasteiger partial charge in [-0.1, -0.05) is 24.3 Å². The van der Waals surface area contributed by atoms with Gasteiger partial charge >= 0.3 is 0 Å². The van der Waals surface area contributed by atoms with Crippen LogP contribution in [0, 0.1) is 6.54 Å². The Kier molecular flexibility index (Phi) is 2.50. The molecule has 3 rings (SSSR count). The molecule has 0 bridgehead atoms. The van der Waals surface area contributed by atoms with Crippen molar-refractivity contribution in [3.05, 3.63) is 66.1 Å². The fourth-order valence-corrected chi connectivity index (χ4v) is 2.09. The van der Waals surface area contributed by atoms with Crippen LogP contribution in [0.3, 0.4) is 0 Å². The van der Waals surface area contributed by atoms with Crippen molar-refractivity contribution < 1.29 is 4.42 Å². The highest BCUT2D eigenvalue weighted by atomic mass is 16.3. The third-order valence-corrected chi connectivity index (χ3v) is 2.92. The van der Waals surface area contributed by atoms with Gasteiger partial charge in [0.25, 0.3) is 0 Å². The summed E-state index contributed by atoms with van der Waals surface area (Å²) in [6.07, 6.45) is 2.77. The van der Waals surface area contributed by atoms with Gasteiger partial charge in [0, 0.05) is 13.1 Å². The van der Waals surface area contributed by atoms with Crippen LogP contribution in [0.5, 0.6) is 0 Å². The van der Waals surface area contributed by atoms with Crippen molar-refractivity contribution in [2.45, 2.75) is 13.0 Å². The van der Waals surface area contributed by atoms with Crippen molar-refractivity contribution in [2.24, 2.45) is 0 Å². The highest BCUT2D eigenvalue weighted by Crippen LogP contribution is 2.21. The molecule has 2 nitrogen and oxygen atoms in total. The molecule has 2 aromatic rings. The van der Waals surface area contributed by atoms with Crippen molar-refractivity contribution in [3.8, 4) is 0 Å². The van der Waals surface area contributed by atoms with Crippen LogP contribution in [0.2, 0.25) is 0 Å². The van der Waals surface area contributed by atoms with E-state index in [0.29, 0.717) is 0 Å². The molecule has 1 aliphatic heterocycles. The lowest BCUT2D eigenvalue weighted by molar-refractivity contribution is 0.307. The maximum absolute atomic E-state index is 5.27. The zero-order valence-corrected chi connectivity index (χ0v) is 9.02. The Morgan fingerprint density at radius 1 is 1.06 bits per heavy atom. The van der Waals surface area contributed by atoms with E-state index < -0.39 is 0 Å². The summed E-state index contributed by atoms with van der Waals surface area (Å²) in [5, 5.41) is 0. The molecular formula is C14H13NO. The lowest BCUT2D eigenvalue weighted by atomic mass is 10.00. The Bertz CT molecular complexity index is 461. The van der Waals surface area contributed by atoms with Gasteiger partial charge in [-0.05, 0) is 29.7 Å². The SMILES string of the molecule is [C](c1ccco1)N1CCc2ccccc2C1. The predicted molar refractivity (Wildman–Crippen MR) is 61.6 cm³/mol. The first-order valence-corrected chi connectivity index (χ1v) is 5.54. The Balaban J connectivity index is 1.73. The van der Waals surface area contributed by atoms with E-state index in [9.17, 15) is 0 Å². The number of hydrogen-bond acceptors (Lipinski definition) is 2. The number of fused-ring (bicyclic) bond motifs is 1. The molecule has 0 atom stereocenters. The number of hydrogen-bond donors (Lipinski definition) is 0. The summed E-state index contributed by atoms with van der Waals surface area (Å²) in [7, 11) is 0. The van der Waals surface area contributed by atoms with Crippen LogP contribution in [-0.2, 0) is 13.0 Å². The molecule has 80 valence electrons. The average molecular weight is 211 g/mol. The van der Waals surface area contributed by atoms with Gasteiger partial charge in [0.2, 0.25) is 0 Å². The number of furan rings is 1. The Morgan fingerprint density at radius 2 is 1.94 bits per heavy atom.